The minimum atomic E-state index is -0.172. The summed E-state index contributed by atoms with van der Waals surface area (Å²) in [6.45, 7) is 2.87. The lowest BCUT2D eigenvalue weighted by Gasteiger charge is -2.20. The minimum absolute atomic E-state index is 0.0866. The largest absolute Gasteiger partial charge is 0.377 e. The number of aromatic nitrogens is 5. The molecule has 8 nitrogen and oxygen atoms in total. The molecule has 0 aromatic carbocycles. The maximum Gasteiger partial charge on any atom is 0.267 e. The number of nitrogens with zero attached hydrogens (tertiary/aromatic N) is 5. The molecule has 0 aliphatic carbocycles. The Kier molecular flexibility index (Phi) is 3.30. The van der Waals surface area contributed by atoms with Gasteiger partial charge in [0, 0.05) is 24.7 Å². The Morgan fingerprint density at radius 2 is 2.26 bits per heavy atom. The third-order valence-corrected chi connectivity index (χ3v) is 3.94. The Morgan fingerprint density at radius 1 is 1.35 bits per heavy atom. The number of hydrogen-bond acceptors (Lipinski definition) is 6. The second kappa shape index (κ2) is 5.47. The number of anilines is 1. The van der Waals surface area contributed by atoms with E-state index < -0.39 is 0 Å². The van der Waals surface area contributed by atoms with Gasteiger partial charge in [0.05, 0.1) is 24.9 Å². The summed E-state index contributed by atoms with van der Waals surface area (Å²) in [5.74, 6) is 0.720. The Morgan fingerprint density at radius 3 is 3.13 bits per heavy atom. The average molecular weight is 312 g/mol. The van der Waals surface area contributed by atoms with Crippen LogP contribution in [-0.2, 0) is 4.74 Å². The summed E-state index contributed by atoms with van der Waals surface area (Å²) in [7, 11) is 0. The predicted molar refractivity (Wildman–Crippen MR) is 83.5 cm³/mol. The zero-order valence-electron chi connectivity index (χ0n) is 12.6. The van der Waals surface area contributed by atoms with Crippen molar-refractivity contribution in [3.8, 4) is 0 Å². The van der Waals surface area contributed by atoms with Gasteiger partial charge in [0.25, 0.3) is 5.56 Å². The first-order valence-corrected chi connectivity index (χ1v) is 7.41. The van der Waals surface area contributed by atoms with Crippen LogP contribution < -0.4 is 10.9 Å². The van der Waals surface area contributed by atoms with Crippen molar-refractivity contribution >= 4 is 11.3 Å². The van der Waals surface area contributed by atoms with E-state index in [1.165, 1.54) is 10.7 Å². The van der Waals surface area contributed by atoms with E-state index in [-0.39, 0.29) is 17.6 Å². The van der Waals surface area contributed by atoms with Gasteiger partial charge >= 0.3 is 0 Å². The average Bonchev–Trinajstić information content (AvgIpc) is 3.14. The summed E-state index contributed by atoms with van der Waals surface area (Å²) in [5.41, 5.74) is 1.67. The lowest BCUT2D eigenvalue weighted by Crippen LogP contribution is -2.37. The van der Waals surface area contributed by atoms with Gasteiger partial charge in [-0.05, 0) is 19.1 Å². The molecule has 1 N–H and O–H groups in total. The number of nitrogens with one attached hydrogen (secondary N) is 1. The molecule has 0 radical (unpaired) electrons. The van der Waals surface area contributed by atoms with Crippen molar-refractivity contribution in [1.82, 2.24) is 24.4 Å². The number of aryl methyl sites for hydroxylation is 1. The molecule has 0 spiro atoms. The first kappa shape index (κ1) is 13.9. The minimum Gasteiger partial charge on any atom is -0.377 e. The van der Waals surface area contributed by atoms with E-state index in [1.54, 1.807) is 29.2 Å². The second-order valence-corrected chi connectivity index (χ2v) is 5.55. The van der Waals surface area contributed by atoms with Gasteiger partial charge in [-0.2, -0.15) is 10.2 Å². The molecule has 0 bridgehead atoms. The standard InChI is InChI=1S/C15H16N6O2/c1-10-7-12-15(16-5-6-20(12)19-10)18-11-8-23-9-13(11)21-14(22)3-2-4-17-21/h2-7,11,13H,8-9H2,1H3,(H,16,18). The summed E-state index contributed by atoms with van der Waals surface area (Å²) in [6.07, 6.45) is 5.11. The Balaban J connectivity index is 1.67. The second-order valence-electron chi connectivity index (χ2n) is 5.55. The van der Waals surface area contributed by atoms with E-state index in [9.17, 15) is 4.79 Å². The van der Waals surface area contributed by atoms with Gasteiger partial charge in [0.15, 0.2) is 5.82 Å². The van der Waals surface area contributed by atoms with E-state index >= 15 is 0 Å². The highest BCUT2D eigenvalue weighted by Gasteiger charge is 2.31. The van der Waals surface area contributed by atoms with Crippen molar-refractivity contribution in [1.29, 1.82) is 0 Å². The molecular weight excluding hydrogens is 296 g/mol. The number of hydrogen-bond donors (Lipinski definition) is 1. The van der Waals surface area contributed by atoms with Crippen molar-refractivity contribution in [2.45, 2.75) is 19.0 Å². The highest BCUT2D eigenvalue weighted by molar-refractivity contribution is 5.68. The fourth-order valence-electron chi connectivity index (χ4n) is 2.87. The van der Waals surface area contributed by atoms with Crippen LogP contribution in [0.2, 0.25) is 0 Å². The SMILES string of the molecule is Cc1cc2c(NC3COCC3n3ncccc3=O)nccn2n1. The van der Waals surface area contributed by atoms with Crippen molar-refractivity contribution in [2.24, 2.45) is 0 Å². The van der Waals surface area contributed by atoms with Crippen LogP contribution in [0.3, 0.4) is 0 Å². The molecule has 1 saturated heterocycles. The molecule has 1 aliphatic rings. The molecule has 3 aromatic rings. The first-order chi connectivity index (χ1) is 11.2. The lowest BCUT2D eigenvalue weighted by molar-refractivity contribution is 0.182. The third-order valence-electron chi connectivity index (χ3n) is 3.94. The molecule has 4 rings (SSSR count). The van der Waals surface area contributed by atoms with Gasteiger partial charge in [-0.25, -0.2) is 14.2 Å². The molecule has 1 fully saturated rings. The van der Waals surface area contributed by atoms with Crippen molar-refractivity contribution in [3.63, 3.8) is 0 Å². The molecule has 2 unspecified atom stereocenters. The van der Waals surface area contributed by atoms with E-state index in [2.05, 4.69) is 20.5 Å². The predicted octanol–water partition coefficient (Wildman–Crippen LogP) is 0.646. The van der Waals surface area contributed by atoms with Crippen LogP contribution in [0.15, 0.2) is 41.6 Å². The van der Waals surface area contributed by atoms with Gasteiger partial charge in [-0.15, -0.1) is 0 Å². The van der Waals surface area contributed by atoms with Gasteiger partial charge in [0.1, 0.15) is 11.6 Å². The number of rotatable bonds is 3. The van der Waals surface area contributed by atoms with Crippen LogP contribution in [0.25, 0.3) is 5.52 Å². The van der Waals surface area contributed by atoms with Gasteiger partial charge in [-0.1, -0.05) is 0 Å². The molecule has 118 valence electrons. The fourth-order valence-corrected chi connectivity index (χ4v) is 2.87. The van der Waals surface area contributed by atoms with Gasteiger partial charge in [0.2, 0.25) is 0 Å². The van der Waals surface area contributed by atoms with Crippen LogP contribution in [-0.4, -0.2) is 43.6 Å². The molecule has 23 heavy (non-hydrogen) atoms. The molecule has 4 heterocycles. The summed E-state index contributed by atoms with van der Waals surface area (Å²) >= 11 is 0. The van der Waals surface area contributed by atoms with Gasteiger partial charge in [-0.3, -0.25) is 4.79 Å². The Bertz CT molecular complexity index is 902. The van der Waals surface area contributed by atoms with E-state index in [1.807, 2.05) is 13.0 Å². The molecule has 8 heteroatoms. The van der Waals surface area contributed by atoms with Crippen molar-refractivity contribution in [3.05, 3.63) is 52.8 Å². The summed E-state index contributed by atoms with van der Waals surface area (Å²) in [4.78, 5) is 16.4. The Labute approximate surface area is 131 Å². The molecule has 3 aromatic heterocycles. The van der Waals surface area contributed by atoms with Crippen LogP contribution in [0, 0.1) is 6.92 Å². The Hall–Kier alpha value is -2.74. The van der Waals surface area contributed by atoms with Crippen molar-refractivity contribution < 1.29 is 4.74 Å². The number of fused-ring (bicyclic) bond motifs is 1. The van der Waals surface area contributed by atoms with Crippen LogP contribution in [0.5, 0.6) is 0 Å². The smallest absolute Gasteiger partial charge is 0.267 e. The highest BCUT2D eigenvalue weighted by Crippen LogP contribution is 2.23. The quantitative estimate of drug-likeness (QED) is 0.764. The van der Waals surface area contributed by atoms with Crippen molar-refractivity contribution in [2.75, 3.05) is 18.5 Å². The van der Waals surface area contributed by atoms with Crippen LogP contribution in [0.1, 0.15) is 11.7 Å². The lowest BCUT2D eigenvalue weighted by atomic mass is 10.1. The summed E-state index contributed by atoms with van der Waals surface area (Å²) in [5, 5.41) is 11.9. The zero-order chi connectivity index (χ0) is 15.8. The molecule has 0 amide bonds. The number of ether oxygens (including phenoxy) is 1. The summed E-state index contributed by atoms with van der Waals surface area (Å²) < 4.78 is 8.80. The molecule has 2 atom stereocenters. The normalized spacial score (nSPS) is 20.9. The van der Waals surface area contributed by atoms with E-state index in [0.717, 1.165) is 17.0 Å². The van der Waals surface area contributed by atoms with Gasteiger partial charge < -0.3 is 10.1 Å². The molecule has 1 aliphatic heterocycles. The van der Waals surface area contributed by atoms with E-state index in [0.29, 0.717) is 13.2 Å². The monoisotopic (exact) mass is 312 g/mol. The van der Waals surface area contributed by atoms with Crippen LogP contribution >= 0.6 is 0 Å². The molecular formula is C15H16N6O2. The fraction of sp³-hybridized carbons (Fsp3) is 0.333. The molecule has 0 saturated carbocycles. The summed E-state index contributed by atoms with van der Waals surface area (Å²) in [6, 6.07) is 4.84. The maximum atomic E-state index is 12.0. The first-order valence-electron chi connectivity index (χ1n) is 7.41. The topological polar surface area (TPSA) is 86.3 Å². The van der Waals surface area contributed by atoms with Crippen LogP contribution in [0.4, 0.5) is 5.82 Å². The third kappa shape index (κ3) is 2.46. The van der Waals surface area contributed by atoms with E-state index in [4.69, 9.17) is 4.74 Å². The highest BCUT2D eigenvalue weighted by atomic mass is 16.5. The zero-order valence-corrected chi connectivity index (χ0v) is 12.6. The maximum absolute atomic E-state index is 12.0.